The third-order valence-corrected chi connectivity index (χ3v) is 4.43. The van der Waals surface area contributed by atoms with E-state index in [4.69, 9.17) is 0 Å². The summed E-state index contributed by atoms with van der Waals surface area (Å²) in [5.41, 5.74) is 0.951. The molecule has 88 valence electrons. The normalized spacial score (nSPS) is 12.4. The largest absolute Gasteiger partial charge is 0.254 e. The van der Waals surface area contributed by atoms with Crippen LogP contribution in [-0.2, 0) is 16.6 Å². The van der Waals surface area contributed by atoms with Crippen LogP contribution in [0.4, 0.5) is 4.39 Å². The fraction of sp³-hybridized carbons (Fsp3) is 0.0769. The van der Waals surface area contributed by atoms with Crippen LogP contribution in [0.3, 0.4) is 0 Å². The van der Waals surface area contributed by atoms with E-state index in [-0.39, 0.29) is 4.90 Å². The summed E-state index contributed by atoms with van der Waals surface area (Å²) in [6, 6.07) is 13.9. The minimum atomic E-state index is -1.33. The molecule has 1 unspecified atom stereocenters. The van der Waals surface area contributed by atoms with Crippen molar-refractivity contribution in [1.29, 1.82) is 0 Å². The minimum Gasteiger partial charge on any atom is -0.254 e. The molecule has 0 N–H and O–H groups in total. The van der Waals surface area contributed by atoms with E-state index in [9.17, 15) is 8.60 Å². The van der Waals surface area contributed by atoms with E-state index in [0.29, 0.717) is 5.75 Å². The number of rotatable bonds is 3. The van der Waals surface area contributed by atoms with Gasteiger partial charge in [-0.1, -0.05) is 24.3 Å². The molecule has 0 saturated carbocycles. The molecule has 0 aliphatic carbocycles. The Morgan fingerprint density at radius 2 is 1.71 bits per heavy atom. The molecule has 17 heavy (non-hydrogen) atoms. The zero-order valence-corrected chi connectivity index (χ0v) is 11.9. The first-order valence-electron chi connectivity index (χ1n) is 5.04. The number of halogens is 2. The second-order valence-electron chi connectivity index (χ2n) is 3.55. The highest BCUT2D eigenvalue weighted by atomic mass is 127. The lowest BCUT2D eigenvalue weighted by Crippen LogP contribution is -1.99. The first kappa shape index (κ1) is 12.7. The fourth-order valence-corrected chi connectivity index (χ4v) is 2.97. The molecule has 0 spiro atoms. The van der Waals surface area contributed by atoms with E-state index in [1.54, 1.807) is 18.2 Å². The highest BCUT2D eigenvalue weighted by molar-refractivity contribution is 14.1. The lowest BCUT2D eigenvalue weighted by atomic mass is 10.2. The van der Waals surface area contributed by atoms with Gasteiger partial charge in [-0.25, -0.2) is 4.39 Å². The Bertz CT molecular complexity index is 539. The van der Waals surface area contributed by atoms with Crippen molar-refractivity contribution in [3.8, 4) is 0 Å². The van der Waals surface area contributed by atoms with Crippen LogP contribution in [0.1, 0.15) is 5.56 Å². The monoisotopic (exact) mass is 360 g/mol. The highest BCUT2D eigenvalue weighted by Crippen LogP contribution is 2.16. The van der Waals surface area contributed by atoms with E-state index in [0.717, 1.165) is 9.13 Å². The van der Waals surface area contributed by atoms with Crippen molar-refractivity contribution < 1.29 is 8.60 Å². The Morgan fingerprint density at radius 1 is 1.06 bits per heavy atom. The molecule has 2 aromatic rings. The van der Waals surface area contributed by atoms with Crippen LogP contribution in [-0.4, -0.2) is 4.21 Å². The molecule has 2 aromatic carbocycles. The predicted molar refractivity (Wildman–Crippen MR) is 75.7 cm³/mol. The third-order valence-electron chi connectivity index (χ3n) is 2.29. The molecule has 0 aliphatic rings. The predicted octanol–water partition coefficient (Wildman–Crippen LogP) is 3.74. The molecule has 0 heterocycles. The van der Waals surface area contributed by atoms with Crippen molar-refractivity contribution in [3.63, 3.8) is 0 Å². The molecule has 0 radical (unpaired) electrons. The van der Waals surface area contributed by atoms with Gasteiger partial charge in [-0.05, 0) is 52.4 Å². The summed E-state index contributed by atoms with van der Waals surface area (Å²) in [6.45, 7) is 0. The Balaban J connectivity index is 2.17. The first-order valence-corrected chi connectivity index (χ1v) is 7.44. The topological polar surface area (TPSA) is 17.1 Å². The second kappa shape index (κ2) is 5.73. The first-order chi connectivity index (χ1) is 8.16. The summed E-state index contributed by atoms with van der Waals surface area (Å²) in [6.07, 6.45) is 0. The molecule has 0 saturated heterocycles. The van der Waals surface area contributed by atoms with Gasteiger partial charge in [0.15, 0.2) is 0 Å². The SMILES string of the molecule is O=S(Cc1ccc(I)cc1)c1ccccc1F. The molecule has 1 atom stereocenters. The van der Waals surface area contributed by atoms with Crippen LogP contribution in [0, 0.1) is 9.39 Å². The molecule has 0 bridgehead atoms. The van der Waals surface area contributed by atoms with E-state index >= 15 is 0 Å². The maximum Gasteiger partial charge on any atom is 0.139 e. The van der Waals surface area contributed by atoms with Gasteiger partial charge >= 0.3 is 0 Å². The number of hydrogen-bond acceptors (Lipinski definition) is 1. The summed E-state index contributed by atoms with van der Waals surface area (Å²) < 4.78 is 26.5. The third kappa shape index (κ3) is 3.35. The molecular formula is C13H10FIOS. The van der Waals surface area contributed by atoms with Gasteiger partial charge in [-0.15, -0.1) is 0 Å². The number of benzene rings is 2. The molecule has 4 heteroatoms. The van der Waals surface area contributed by atoms with Crippen molar-refractivity contribution >= 4 is 33.4 Å². The molecule has 0 aliphatic heterocycles. The van der Waals surface area contributed by atoms with Gasteiger partial charge in [0.2, 0.25) is 0 Å². The van der Waals surface area contributed by atoms with E-state index in [1.807, 2.05) is 24.3 Å². The lowest BCUT2D eigenvalue weighted by molar-refractivity contribution is 0.595. The van der Waals surface area contributed by atoms with Crippen LogP contribution >= 0.6 is 22.6 Å². The van der Waals surface area contributed by atoms with Gasteiger partial charge in [0.05, 0.1) is 21.4 Å². The number of hydrogen-bond donors (Lipinski definition) is 0. The van der Waals surface area contributed by atoms with Crippen molar-refractivity contribution in [2.45, 2.75) is 10.6 Å². The minimum absolute atomic E-state index is 0.269. The van der Waals surface area contributed by atoms with Gasteiger partial charge in [0.25, 0.3) is 0 Å². The molecule has 0 amide bonds. The van der Waals surface area contributed by atoms with Crippen LogP contribution < -0.4 is 0 Å². The van der Waals surface area contributed by atoms with Gasteiger partial charge in [0, 0.05) is 3.57 Å². The van der Waals surface area contributed by atoms with Gasteiger partial charge < -0.3 is 0 Å². The Hall–Kier alpha value is -0.750. The van der Waals surface area contributed by atoms with Crippen LogP contribution in [0.15, 0.2) is 53.4 Å². The Morgan fingerprint density at radius 3 is 2.35 bits per heavy atom. The van der Waals surface area contributed by atoms with Crippen molar-refractivity contribution in [1.82, 2.24) is 0 Å². The summed E-state index contributed by atoms with van der Waals surface area (Å²) in [5, 5.41) is 0. The maximum atomic E-state index is 13.4. The summed E-state index contributed by atoms with van der Waals surface area (Å²) in [4.78, 5) is 0.269. The zero-order chi connectivity index (χ0) is 12.3. The quantitative estimate of drug-likeness (QED) is 0.763. The Kier molecular flexibility index (Phi) is 4.28. The van der Waals surface area contributed by atoms with Crippen molar-refractivity contribution in [3.05, 3.63) is 63.5 Å². The summed E-state index contributed by atoms with van der Waals surface area (Å²) in [7, 11) is -1.33. The Labute approximate surface area is 116 Å². The van der Waals surface area contributed by atoms with Gasteiger partial charge in [-0.3, -0.25) is 4.21 Å². The van der Waals surface area contributed by atoms with E-state index in [1.165, 1.54) is 6.07 Å². The van der Waals surface area contributed by atoms with Crippen LogP contribution in [0.25, 0.3) is 0 Å². The van der Waals surface area contributed by atoms with Crippen molar-refractivity contribution in [2.24, 2.45) is 0 Å². The van der Waals surface area contributed by atoms with E-state index < -0.39 is 16.6 Å². The average Bonchev–Trinajstić information content (AvgIpc) is 2.32. The van der Waals surface area contributed by atoms with Gasteiger partial charge in [-0.2, -0.15) is 0 Å². The summed E-state index contributed by atoms with van der Waals surface area (Å²) >= 11 is 2.21. The molecule has 0 fully saturated rings. The zero-order valence-electron chi connectivity index (χ0n) is 8.90. The van der Waals surface area contributed by atoms with Crippen molar-refractivity contribution in [2.75, 3.05) is 0 Å². The standard InChI is InChI=1S/C13H10FIOS/c14-12-3-1-2-4-13(12)17(16)9-10-5-7-11(15)8-6-10/h1-8H,9H2. The smallest absolute Gasteiger partial charge is 0.139 e. The maximum absolute atomic E-state index is 13.4. The molecule has 2 rings (SSSR count). The molecular weight excluding hydrogens is 350 g/mol. The highest BCUT2D eigenvalue weighted by Gasteiger charge is 2.09. The molecule has 0 aromatic heterocycles. The fourth-order valence-electron chi connectivity index (χ4n) is 1.44. The average molecular weight is 360 g/mol. The second-order valence-corrected chi connectivity index (χ2v) is 6.21. The van der Waals surface area contributed by atoms with E-state index in [2.05, 4.69) is 22.6 Å². The summed E-state index contributed by atoms with van der Waals surface area (Å²) in [5.74, 6) is -0.0611. The van der Waals surface area contributed by atoms with Crippen LogP contribution in [0.5, 0.6) is 0 Å². The molecule has 1 nitrogen and oxygen atoms in total. The van der Waals surface area contributed by atoms with Crippen LogP contribution in [0.2, 0.25) is 0 Å². The van der Waals surface area contributed by atoms with Gasteiger partial charge in [0.1, 0.15) is 5.82 Å². The lowest BCUT2D eigenvalue weighted by Gasteiger charge is -2.04.